The summed E-state index contributed by atoms with van der Waals surface area (Å²) in [7, 11) is 0. The van der Waals surface area contributed by atoms with Gasteiger partial charge in [-0.25, -0.2) is 29.3 Å². The van der Waals surface area contributed by atoms with Gasteiger partial charge >= 0.3 is 18.0 Å². The third-order valence-corrected chi connectivity index (χ3v) is 6.47. The predicted molar refractivity (Wildman–Crippen MR) is 154 cm³/mol. The van der Waals surface area contributed by atoms with E-state index in [-0.39, 0.29) is 36.6 Å². The van der Waals surface area contributed by atoms with Gasteiger partial charge in [0.15, 0.2) is 0 Å². The van der Waals surface area contributed by atoms with Crippen molar-refractivity contribution in [3.05, 3.63) is 29.2 Å². The summed E-state index contributed by atoms with van der Waals surface area (Å²) in [5, 5.41) is 0. The van der Waals surface area contributed by atoms with Crippen LogP contribution in [-0.4, -0.2) is 92.9 Å². The highest BCUT2D eigenvalue weighted by Gasteiger charge is 2.38. The second-order valence-corrected chi connectivity index (χ2v) is 12.2. The van der Waals surface area contributed by atoms with E-state index in [0.717, 1.165) is 11.3 Å². The fourth-order valence-corrected chi connectivity index (χ4v) is 4.61. The van der Waals surface area contributed by atoms with Crippen LogP contribution in [0.25, 0.3) is 0 Å². The van der Waals surface area contributed by atoms with Gasteiger partial charge in [0.2, 0.25) is 11.9 Å². The normalized spacial score (nSPS) is 17.4. The number of aromatic nitrogens is 4. The molecule has 4 rings (SSSR count). The molecule has 0 spiro atoms. The van der Waals surface area contributed by atoms with Crippen molar-refractivity contribution in [2.45, 2.75) is 78.7 Å². The van der Waals surface area contributed by atoms with E-state index in [4.69, 9.17) is 24.9 Å². The Balaban J connectivity index is 1.55. The van der Waals surface area contributed by atoms with Gasteiger partial charge in [0.05, 0.1) is 25.4 Å². The average molecular weight is 585 g/mol. The summed E-state index contributed by atoms with van der Waals surface area (Å²) in [6, 6.07) is -0.798. The van der Waals surface area contributed by atoms with E-state index in [2.05, 4.69) is 15.0 Å². The van der Waals surface area contributed by atoms with Crippen molar-refractivity contribution in [2.75, 3.05) is 48.3 Å². The zero-order valence-electron chi connectivity index (χ0n) is 25.3. The summed E-state index contributed by atoms with van der Waals surface area (Å²) in [6.45, 7) is 14.6. The molecule has 42 heavy (non-hydrogen) atoms. The number of anilines is 3. The number of carbonyl (C=O) groups excluding carboxylic acids is 3. The highest BCUT2D eigenvalue weighted by atomic mass is 16.6. The lowest BCUT2D eigenvalue weighted by atomic mass is 10.1. The minimum atomic E-state index is -0.798. The summed E-state index contributed by atoms with van der Waals surface area (Å²) in [5.74, 6) is -0.443. The molecule has 0 saturated carbocycles. The summed E-state index contributed by atoms with van der Waals surface area (Å²) in [4.78, 5) is 61.4. The van der Waals surface area contributed by atoms with E-state index >= 15 is 0 Å². The zero-order chi connectivity index (χ0) is 30.8. The van der Waals surface area contributed by atoms with Crippen molar-refractivity contribution < 1.29 is 28.6 Å². The SMILES string of the molecule is CCOC(=O)c1cnc(N2CCN(c3ncc4c(n3)CCN(C(=O)OC(C)(C)C)C4)CC2C(=O)OC(C)(C)C)nc1N. The number of piperazine rings is 1. The van der Waals surface area contributed by atoms with Gasteiger partial charge in [0.25, 0.3) is 0 Å². The molecular weight excluding hydrogens is 544 g/mol. The molecular formula is C28H40N8O6. The maximum absolute atomic E-state index is 13.4. The smallest absolute Gasteiger partial charge is 0.410 e. The van der Waals surface area contributed by atoms with Crippen molar-refractivity contribution in [2.24, 2.45) is 0 Å². The number of nitrogen functional groups attached to an aromatic ring is 1. The van der Waals surface area contributed by atoms with E-state index in [1.807, 2.05) is 25.7 Å². The number of ether oxygens (including phenoxy) is 3. The van der Waals surface area contributed by atoms with Crippen molar-refractivity contribution in [3.8, 4) is 0 Å². The molecule has 1 atom stereocenters. The summed E-state index contributed by atoms with van der Waals surface area (Å²) in [6.07, 6.45) is 3.22. The van der Waals surface area contributed by atoms with Gasteiger partial charge in [-0.3, -0.25) is 0 Å². The minimum Gasteiger partial charge on any atom is -0.462 e. The molecule has 2 aliphatic heterocycles. The molecule has 2 aromatic rings. The first-order valence-electron chi connectivity index (χ1n) is 14.0. The number of carbonyl (C=O) groups is 3. The van der Waals surface area contributed by atoms with Crippen molar-refractivity contribution in [3.63, 3.8) is 0 Å². The molecule has 14 nitrogen and oxygen atoms in total. The Morgan fingerprint density at radius 3 is 2.29 bits per heavy atom. The Hall–Kier alpha value is -4.23. The van der Waals surface area contributed by atoms with Crippen LogP contribution >= 0.6 is 0 Å². The summed E-state index contributed by atoms with van der Waals surface area (Å²) < 4.78 is 16.3. The maximum atomic E-state index is 13.4. The number of nitrogens with zero attached hydrogens (tertiary/aromatic N) is 7. The van der Waals surface area contributed by atoms with E-state index in [1.165, 1.54) is 6.20 Å². The van der Waals surface area contributed by atoms with Crippen LogP contribution in [0.15, 0.2) is 12.4 Å². The van der Waals surface area contributed by atoms with Crippen molar-refractivity contribution in [1.82, 2.24) is 24.8 Å². The molecule has 2 aromatic heterocycles. The van der Waals surface area contributed by atoms with Crippen LogP contribution < -0.4 is 15.5 Å². The van der Waals surface area contributed by atoms with Gasteiger partial charge in [-0.1, -0.05) is 0 Å². The quantitative estimate of drug-likeness (QED) is 0.402. The largest absolute Gasteiger partial charge is 0.462 e. The average Bonchev–Trinajstić information content (AvgIpc) is 2.90. The summed E-state index contributed by atoms with van der Waals surface area (Å²) in [5.41, 5.74) is 6.52. The van der Waals surface area contributed by atoms with E-state index in [0.29, 0.717) is 38.5 Å². The molecule has 1 unspecified atom stereocenters. The zero-order valence-corrected chi connectivity index (χ0v) is 25.3. The molecule has 0 aliphatic carbocycles. The number of nitrogens with two attached hydrogens (primary N) is 1. The Morgan fingerprint density at radius 2 is 1.64 bits per heavy atom. The number of fused-ring (bicyclic) bond motifs is 1. The lowest BCUT2D eigenvalue weighted by molar-refractivity contribution is -0.156. The minimum absolute atomic E-state index is 0.0396. The Morgan fingerprint density at radius 1 is 0.952 bits per heavy atom. The molecule has 1 fully saturated rings. The third kappa shape index (κ3) is 7.34. The molecule has 1 amide bonds. The van der Waals surface area contributed by atoms with E-state index in [1.54, 1.807) is 43.7 Å². The Bertz CT molecular complexity index is 1340. The fourth-order valence-electron chi connectivity index (χ4n) is 4.61. The Kier molecular flexibility index (Phi) is 8.73. The first-order valence-corrected chi connectivity index (χ1v) is 14.0. The molecule has 2 N–H and O–H groups in total. The molecule has 228 valence electrons. The van der Waals surface area contributed by atoms with Gasteiger partial charge in [-0.15, -0.1) is 0 Å². The number of rotatable bonds is 5. The number of amides is 1. The number of esters is 2. The second kappa shape index (κ2) is 11.9. The van der Waals surface area contributed by atoms with Crippen LogP contribution in [0.2, 0.25) is 0 Å². The maximum Gasteiger partial charge on any atom is 0.410 e. The van der Waals surface area contributed by atoms with Gasteiger partial charge in [0.1, 0.15) is 28.6 Å². The Labute approximate surface area is 245 Å². The molecule has 14 heteroatoms. The lowest BCUT2D eigenvalue weighted by Crippen LogP contribution is -2.58. The number of hydrogen-bond donors (Lipinski definition) is 1. The predicted octanol–water partition coefficient (Wildman–Crippen LogP) is 2.36. The second-order valence-electron chi connectivity index (χ2n) is 12.2. The standard InChI is InChI=1S/C28H40N8O6/c1-8-40-22(37)18-14-31-25(33-21(18)29)36-12-11-34(16-20(36)23(38)41-27(2,3)4)24-30-13-17-15-35(10-9-19(17)32-24)26(39)42-28(5,6)7/h13-14,20H,8-12,15-16H2,1-7H3,(H2,29,31,33). The van der Waals surface area contributed by atoms with Gasteiger partial charge in [-0.05, 0) is 48.5 Å². The topological polar surface area (TPSA) is 166 Å². The highest BCUT2D eigenvalue weighted by molar-refractivity contribution is 5.94. The molecule has 0 radical (unpaired) electrons. The van der Waals surface area contributed by atoms with Crippen LogP contribution in [0, 0.1) is 0 Å². The van der Waals surface area contributed by atoms with Crippen LogP contribution in [0.3, 0.4) is 0 Å². The van der Waals surface area contributed by atoms with Crippen LogP contribution in [0.5, 0.6) is 0 Å². The van der Waals surface area contributed by atoms with Crippen molar-refractivity contribution in [1.29, 1.82) is 0 Å². The monoisotopic (exact) mass is 584 g/mol. The molecule has 2 aliphatic rings. The van der Waals surface area contributed by atoms with Gasteiger partial charge < -0.3 is 34.6 Å². The van der Waals surface area contributed by atoms with E-state index < -0.39 is 29.2 Å². The number of hydrogen-bond acceptors (Lipinski definition) is 13. The van der Waals surface area contributed by atoms with Crippen LogP contribution in [-0.2, 0) is 32.0 Å². The van der Waals surface area contributed by atoms with Crippen molar-refractivity contribution >= 4 is 35.7 Å². The lowest BCUT2D eigenvalue weighted by Gasteiger charge is -2.41. The van der Waals surface area contributed by atoms with Gasteiger partial charge in [-0.2, -0.15) is 4.98 Å². The first kappa shape index (κ1) is 30.7. The highest BCUT2D eigenvalue weighted by Crippen LogP contribution is 2.26. The molecule has 1 saturated heterocycles. The van der Waals surface area contributed by atoms with E-state index in [9.17, 15) is 14.4 Å². The third-order valence-electron chi connectivity index (χ3n) is 6.47. The molecule has 4 heterocycles. The van der Waals surface area contributed by atoms with Crippen LogP contribution in [0.4, 0.5) is 22.5 Å². The molecule has 0 aromatic carbocycles. The molecule has 0 bridgehead atoms. The summed E-state index contributed by atoms with van der Waals surface area (Å²) >= 11 is 0. The van der Waals surface area contributed by atoms with Gasteiger partial charge in [0, 0.05) is 44.0 Å². The van der Waals surface area contributed by atoms with Crippen LogP contribution in [0.1, 0.15) is 70.1 Å². The fraction of sp³-hybridized carbons (Fsp3) is 0.607. The first-order chi connectivity index (χ1) is 19.6.